The molecule has 0 saturated carbocycles. The van der Waals surface area contributed by atoms with Crippen molar-refractivity contribution >= 4 is 34.1 Å². The molecule has 2 aromatic carbocycles. The number of carbonyl (C=O) groups excluding carboxylic acids is 1. The standard InChI is InChI=1S/C23H24ClNO5/c1-14-11-15(12-19-22(14)30-25(2)23(19)27)17(7-5-6-8-21(26)29-4)18-13-16(24)9-10-20(18)28-3/h7,9-13H,5-6,8H2,1-4H3/b17-7+. The van der Waals surface area contributed by atoms with Crippen LogP contribution in [0.3, 0.4) is 0 Å². The van der Waals surface area contributed by atoms with Gasteiger partial charge in [0, 0.05) is 24.1 Å². The third-order valence-electron chi connectivity index (χ3n) is 4.94. The number of nitrogens with zero attached hydrogens (tertiary/aromatic N) is 1. The maximum Gasteiger partial charge on any atom is 0.305 e. The second-order valence-electron chi connectivity index (χ2n) is 6.99. The molecule has 0 N–H and O–H groups in total. The summed E-state index contributed by atoms with van der Waals surface area (Å²) in [5.41, 5.74) is 3.74. The van der Waals surface area contributed by atoms with Gasteiger partial charge >= 0.3 is 5.97 Å². The van der Waals surface area contributed by atoms with Crippen molar-refractivity contribution in [2.24, 2.45) is 7.05 Å². The number of hydrogen-bond donors (Lipinski definition) is 0. The largest absolute Gasteiger partial charge is 0.496 e. The van der Waals surface area contributed by atoms with Gasteiger partial charge in [-0.05, 0) is 66.8 Å². The lowest BCUT2D eigenvalue weighted by Crippen LogP contribution is -2.09. The average molecular weight is 430 g/mol. The third kappa shape index (κ3) is 4.44. The number of hydrogen-bond acceptors (Lipinski definition) is 5. The van der Waals surface area contributed by atoms with Crippen molar-refractivity contribution in [3.05, 3.63) is 68.5 Å². The molecule has 6 nitrogen and oxygen atoms in total. The Kier molecular flexibility index (Phi) is 6.67. The molecule has 158 valence electrons. The Balaban J connectivity index is 2.13. The zero-order chi connectivity index (χ0) is 21.8. The van der Waals surface area contributed by atoms with Crippen molar-refractivity contribution in [2.75, 3.05) is 14.2 Å². The van der Waals surface area contributed by atoms with Crippen molar-refractivity contribution in [3.63, 3.8) is 0 Å². The molecule has 0 radical (unpaired) electrons. The average Bonchev–Trinajstić information content (AvgIpc) is 3.02. The first-order valence-corrected chi connectivity index (χ1v) is 9.95. The molecule has 7 heteroatoms. The molecule has 1 aromatic heterocycles. The zero-order valence-electron chi connectivity index (χ0n) is 17.5. The SMILES string of the molecule is COC(=O)CCC/C=C(\c1cc(C)c2on(C)c(=O)c2c1)c1cc(Cl)ccc1OC. The highest BCUT2D eigenvalue weighted by Crippen LogP contribution is 2.35. The van der Waals surface area contributed by atoms with E-state index in [4.69, 9.17) is 25.6 Å². The van der Waals surface area contributed by atoms with E-state index >= 15 is 0 Å². The third-order valence-corrected chi connectivity index (χ3v) is 5.18. The van der Waals surface area contributed by atoms with Crippen LogP contribution < -0.4 is 10.3 Å². The fraction of sp³-hybridized carbons (Fsp3) is 0.304. The molecular weight excluding hydrogens is 406 g/mol. The van der Waals surface area contributed by atoms with E-state index in [2.05, 4.69) is 0 Å². The lowest BCUT2D eigenvalue weighted by molar-refractivity contribution is -0.140. The van der Waals surface area contributed by atoms with E-state index in [1.165, 1.54) is 11.8 Å². The van der Waals surface area contributed by atoms with Crippen molar-refractivity contribution in [1.82, 2.24) is 4.74 Å². The van der Waals surface area contributed by atoms with Crippen LogP contribution in [0.5, 0.6) is 5.75 Å². The first kappa shape index (κ1) is 21.7. The number of unbranched alkanes of at least 4 members (excludes halogenated alkanes) is 1. The van der Waals surface area contributed by atoms with Crippen LogP contribution in [-0.4, -0.2) is 24.9 Å². The number of fused-ring (bicyclic) bond motifs is 1. The molecule has 0 aliphatic carbocycles. The van der Waals surface area contributed by atoms with E-state index in [9.17, 15) is 9.59 Å². The summed E-state index contributed by atoms with van der Waals surface area (Å²) in [6, 6.07) is 9.19. The van der Waals surface area contributed by atoms with Gasteiger partial charge < -0.3 is 14.0 Å². The lowest BCUT2D eigenvalue weighted by Gasteiger charge is -2.14. The highest BCUT2D eigenvalue weighted by Gasteiger charge is 2.17. The summed E-state index contributed by atoms with van der Waals surface area (Å²) in [6.07, 6.45) is 3.63. The van der Waals surface area contributed by atoms with Gasteiger partial charge in [-0.25, -0.2) is 0 Å². The van der Waals surface area contributed by atoms with Crippen molar-refractivity contribution < 1.29 is 18.8 Å². The van der Waals surface area contributed by atoms with Crippen LogP contribution >= 0.6 is 11.6 Å². The molecule has 0 atom stereocenters. The number of carbonyl (C=O) groups is 1. The fourth-order valence-electron chi connectivity index (χ4n) is 3.43. The number of benzene rings is 2. The molecule has 30 heavy (non-hydrogen) atoms. The van der Waals surface area contributed by atoms with E-state index in [1.807, 2.05) is 37.3 Å². The van der Waals surface area contributed by atoms with Crippen LogP contribution in [0.4, 0.5) is 0 Å². The van der Waals surface area contributed by atoms with Crippen LogP contribution in [0.25, 0.3) is 16.5 Å². The zero-order valence-corrected chi connectivity index (χ0v) is 18.2. The minimum Gasteiger partial charge on any atom is -0.496 e. The number of allylic oxidation sites excluding steroid dienone is 1. The van der Waals surface area contributed by atoms with Crippen molar-refractivity contribution in [3.8, 4) is 5.75 Å². The minimum absolute atomic E-state index is 0.196. The van der Waals surface area contributed by atoms with Crippen molar-refractivity contribution in [2.45, 2.75) is 26.2 Å². The first-order valence-electron chi connectivity index (χ1n) is 9.57. The van der Waals surface area contributed by atoms with E-state index in [0.29, 0.717) is 41.0 Å². The maximum absolute atomic E-state index is 12.5. The molecule has 0 unspecified atom stereocenters. The lowest BCUT2D eigenvalue weighted by atomic mass is 9.93. The van der Waals surface area contributed by atoms with Crippen LogP contribution in [0, 0.1) is 6.92 Å². The van der Waals surface area contributed by atoms with Crippen LogP contribution in [0.15, 0.2) is 45.7 Å². The van der Waals surface area contributed by atoms with Gasteiger partial charge in [-0.1, -0.05) is 17.7 Å². The second-order valence-corrected chi connectivity index (χ2v) is 7.43. The first-order chi connectivity index (χ1) is 14.3. The molecule has 0 bridgehead atoms. The Morgan fingerprint density at radius 2 is 2.00 bits per heavy atom. The fourth-order valence-corrected chi connectivity index (χ4v) is 3.60. The number of rotatable bonds is 7. The smallest absolute Gasteiger partial charge is 0.305 e. The monoisotopic (exact) mass is 429 g/mol. The summed E-state index contributed by atoms with van der Waals surface area (Å²) >= 11 is 6.27. The van der Waals surface area contributed by atoms with Gasteiger partial charge in [0.1, 0.15) is 5.75 Å². The van der Waals surface area contributed by atoms with Crippen LogP contribution in [0.1, 0.15) is 36.0 Å². The molecule has 1 heterocycles. The Labute approximate surface area is 179 Å². The van der Waals surface area contributed by atoms with Crippen molar-refractivity contribution in [1.29, 1.82) is 0 Å². The summed E-state index contributed by atoms with van der Waals surface area (Å²) in [5.74, 6) is 0.418. The van der Waals surface area contributed by atoms with Gasteiger partial charge in [0.25, 0.3) is 5.56 Å². The van der Waals surface area contributed by atoms with E-state index in [-0.39, 0.29) is 11.5 Å². The molecular formula is C23H24ClNO5. The molecule has 3 aromatic rings. The number of halogens is 1. The Morgan fingerprint density at radius 3 is 2.70 bits per heavy atom. The number of esters is 1. The Hall–Kier alpha value is -2.99. The quantitative estimate of drug-likeness (QED) is 0.395. The summed E-state index contributed by atoms with van der Waals surface area (Å²) in [4.78, 5) is 23.9. The topological polar surface area (TPSA) is 70.7 Å². The Morgan fingerprint density at radius 1 is 1.23 bits per heavy atom. The summed E-state index contributed by atoms with van der Waals surface area (Å²) in [5, 5.41) is 1.08. The second kappa shape index (κ2) is 9.22. The van der Waals surface area contributed by atoms with Gasteiger partial charge in [0.15, 0.2) is 5.58 Å². The number of aromatic nitrogens is 1. The van der Waals surface area contributed by atoms with Gasteiger partial charge in [-0.2, -0.15) is 4.74 Å². The molecule has 0 saturated heterocycles. The minimum atomic E-state index is -0.246. The highest BCUT2D eigenvalue weighted by molar-refractivity contribution is 6.30. The Bertz CT molecular complexity index is 1170. The molecule has 0 amide bonds. The van der Waals surface area contributed by atoms with Crippen LogP contribution in [0.2, 0.25) is 5.02 Å². The molecule has 0 spiro atoms. The van der Waals surface area contributed by atoms with E-state index < -0.39 is 0 Å². The van der Waals surface area contributed by atoms with Gasteiger partial charge in [-0.3, -0.25) is 9.59 Å². The molecule has 0 aliphatic heterocycles. The number of methoxy groups -OCH3 is 2. The van der Waals surface area contributed by atoms with E-state index in [1.54, 1.807) is 20.2 Å². The van der Waals surface area contributed by atoms with Crippen LogP contribution in [-0.2, 0) is 16.6 Å². The van der Waals surface area contributed by atoms with Gasteiger partial charge in [-0.15, -0.1) is 0 Å². The summed E-state index contributed by atoms with van der Waals surface area (Å²) in [7, 11) is 4.57. The normalized spacial score (nSPS) is 11.7. The number of aryl methyl sites for hydroxylation is 2. The highest BCUT2D eigenvalue weighted by atomic mass is 35.5. The van der Waals surface area contributed by atoms with E-state index in [0.717, 1.165) is 22.3 Å². The van der Waals surface area contributed by atoms with Gasteiger partial charge in [0.2, 0.25) is 0 Å². The predicted octanol–water partition coefficient (Wildman–Crippen LogP) is 4.88. The molecule has 0 fully saturated rings. The summed E-state index contributed by atoms with van der Waals surface area (Å²) in [6.45, 7) is 1.90. The molecule has 0 aliphatic rings. The molecule has 3 rings (SSSR count). The maximum atomic E-state index is 12.5. The van der Waals surface area contributed by atoms with Gasteiger partial charge in [0.05, 0.1) is 19.6 Å². The summed E-state index contributed by atoms with van der Waals surface area (Å²) < 4.78 is 17.0. The predicted molar refractivity (Wildman–Crippen MR) is 117 cm³/mol. The number of ether oxygens (including phenoxy) is 2.